The number of carbonyl (C=O) groups excluding carboxylic acids is 1. The first-order valence-corrected chi connectivity index (χ1v) is 7.67. The normalized spacial score (nSPS) is 11.2. The molecule has 4 heteroatoms. The largest absolute Gasteiger partial charge is 0.376 e. The maximum atomic E-state index is 11.9. The minimum Gasteiger partial charge on any atom is -0.376 e. The van der Waals surface area contributed by atoms with E-state index in [0.29, 0.717) is 0 Å². The quantitative estimate of drug-likeness (QED) is 0.655. The zero-order valence-corrected chi connectivity index (χ0v) is 14.1. The van der Waals surface area contributed by atoms with Gasteiger partial charge in [-0.2, -0.15) is 5.10 Å². The number of amides is 1. The molecule has 2 aromatic rings. The molecule has 2 rings (SSSR count). The lowest BCUT2D eigenvalue weighted by atomic mass is 10.1. The number of nitrogens with zero attached hydrogens (tertiary/aromatic N) is 1. The Morgan fingerprint density at radius 1 is 1.00 bits per heavy atom. The van der Waals surface area contributed by atoms with Gasteiger partial charge in [0.25, 0.3) is 5.91 Å². The second-order valence-corrected chi connectivity index (χ2v) is 5.77. The Morgan fingerprint density at radius 3 is 2.30 bits per heavy atom. The highest BCUT2D eigenvalue weighted by Gasteiger charge is 2.03. The van der Waals surface area contributed by atoms with Gasteiger partial charge in [0.1, 0.15) is 0 Å². The lowest BCUT2D eigenvalue weighted by molar-refractivity contribution is -0.119. The monoisotopic (exact) mass is 309 g/mol. The van der Waals surface area contributed by atoms with E-state index < -0.39 is 0 Å². The Hall–Kier alpha value is -2.62. The third kappa shape index (κ3) is 4.95. The first-order chi connectivity index (χ1) is 11.0. The van der Waals surface area contributed by atoms with Crippen molar-refractivity contribution >= 4 is 17.3 Å². The lowest BCUT2D eigenvalue weighted by Gasteiger charge is -2.09. The number of aryl methyl sites for hydroxylation is 3. The summed E-state index contributed by atoms with van der Waals surface area (Å²) in [6.07, 6.45) is 0. The second kappa shape index (κ2) is 7.58. The van der Waals surface area contributed by atoms with Crippen LogP contribution in [0.15, 0.2) is 47.6 Å². The van der Waals surface area contributed by atoms with Crippen LogP contribution in [-0.2, 0) is 4.79 Å². The standard InChI is InChI=1S/C19H23N3O/c1-13-5-8-17(9-6-13)16(4)21-22-19(23)12-20-18-10-7-14(2)11-15(18)3/h5-11,20H,12H2,1-4H3,(H,22,23). The van der Waals surface area contributed by atoms with Crippen molar-refractivity contribution in [3.8, 4) is 0 Å². The van der Waals surface area contributed by atoms with Crippen LogP contribution in [0.2, 0.25) is 0 Å². The number of hydrogen-bond acceptors (Lipinski definition) is 3. The number of hydrazone groups is 1. The summed E-state index contributed by atoms with van der Waals surface area (Å²) in [5, 5.41) is 7.28. The molecule has 23 heavy (non-hydrogen) atoms. The van der Waals surface area contributed by atoms with Crippen LogP contribution in [0.1, 0.15) is 29.2 Å². The molecule has 0 heterocycles. The maximum absolute atomic E-state index is 11.9. The fourth-order valence-electron chi connectivity index (χ4n) is 2.23. The molecule has 120 valence electrons. The molecule has 1 amide bonds. The SMILES string of the molecule is CC(=NNC(=O)CNc1ccc(C)cc1C)c1ccc(C)cc1. The van der Waals surface area contributed by atoms with Crippen molar-refractivity contribution in [3.63, 3.8) is 0 Å². The molecule has 0 saturated carbocycles. The summed E-state index contributed by atoms with van der Waals surface area (Å²) in [7, 11) is 0. The zero-order valence-electron chi connectivity index (χ0n) is 14.1. The van der Waals surface area contributed by atoms with Crippen molar-refractivity contribution in [3.05, 3.63) is 64.7 Å². The van der Waals surface area contributed by atoms with Gasteiger partial charge >= 0.3 is 0 Å². The average molecular weight is 309 g/mol. The minimum atomic E-state index is -0.170. The number of nitrogens with one attached hydrogen (secondary N) is 2. The van der Waals surface area contributed by atoms with Gasteiger partial charge in [0.15, 0.2) is 0 Å². The molecule has 0 bridgehead atoms. The lowest BCUT2D eigenvalue weighted by Crippen LogP contribution is -2.27. The van der Waals surface area contributed by atoms with Crippen LogP contribution in [0, 0.1) is 20.8 Å². The smallest absolute Gasteiger partial charge is 0.259 e. The van der Waals surface area contributed by atoms with Crippen LogP contribution in [0.25, 0.3) is 0 Å². The van der Waals surface area contributed by atoms with Gasteiger partial charge in [0, 0.05) is 5.69 Å². The summed E-state index contributed by atoms with van der Waals surface area (Å²) in [5.74, 6) is -0.170. The third-order valence-electron chi connectivity index (χ3n) is 3.64. The van der Waals surface area contributed by atoms with Gasteiger partial charge in [0.05, 0.1) is 12.3 Å². The second-order valence-electron chi connectivity index (χ2n) is 5.77. The van der Waals surface area contributed by atoms with Crippen LogP contribution >= 0.6 is 0 Å². The predicted molar refractivity (Wildman–Crippen MR) is 95.9 cm³/mol. The van der Waals surface area contributed by atoms with Gasteiger partial charge < -0.3 is 5.32 Å². The third-order valence-corrected chi connectivity index (χ3v) is 3.64. The van der Waals surface area contributed by atoms with Crippen molar-refractivity contribution in [2.24, 2.45) is 5.10 Å². The number of rotatable bonds is 5. The number of hydrogen-bond donors (Lipinski definition) is 2. The minimum absolute atomic E-state index is 0.170. The highest BCUT2D eigenvalue weighted by atomic mass is 16.2. The van der Waals surface area contributed by atoms with Crippen LogP contribution in [0.5, 0.6) is 0 Å². The molecule has 2 aromatic carbocycles. The Balaban J connectivity index is 1.89. The summed E-state index contributed by atoms with van der Waals surface area (Å²) in [5.41, 5.74) is 8.85. The number of anilines is 1. The van der Waals surface area contributed by atoms with Gasteiger partial charge in [-0.15, -0.1) is 0 Å². The van der Waals surface area contributed by atoms with E-state index >= 15 is 0 Å². The van der Waals surface area contributed by atoms with Crippen molar-refractivity contribution in [1.29, 1.82) is 0 Å². The van der Waals surface area contributed by atoms with Gasteiger partial charge in [-0.1, -0.05) is 47.5 Å². The fraction of sp³-hybridized carbons (Fsp3) is 0.263. The molecule has 0 aliphatic rings. The predicted octanol–water partition coefficient (Wildman–Crippen LogP) is 3.56. The van der Waals surface area contributed by atoms with Crippen molar-refractivity contribution in [2.75, 3.05) is 11.9 Å². The van der Waals surface area contributed by atoms with Gasteiger partial charge in [0.2, 0.25) is 0 Å². The molecule has 0 aromatic heterocycles. The van der Waals surface area contributed by atoms with E-state index in [1.54, 1.807) is 0 Å². The number of carbonyl (C=O) groups is 1. The summed E-state index contributed by atoms with van der Waals surface area (Å²) in [6, 6.07) is 14.1. The van der Waals surface area contributed by atoms with E-state index in [-0.39, 0.29) is 12.5 Å². The summed E-state index contributed by atoms with van der Waals surface area (Å²) >= 11 is 0. The van der Waals surface area contributed by atoms with Crippen LogP contribution in [0.4, 0.5) is 5.69 Å². The topological polar surface area (TPSA) is 53.5 Å². The van der Waals surface area contributed by atoms with Gasteiger partial charge in [-0.3, -0.25) is 4.79 Å². The molecule has 0 aliphatic carbocycles. The highest BCUT2D eigenvalue weighted by Crippen LogP contribution is 2.15. The molecule has 0 atom stereocenters. The molecule has 0 radical (unpaired) electrons. The average Bonchev–Trinajstić information content (AvgIpc) is 2.52. The Kier molecular flexibility index (Phi) is 5.52. The fourth-order valence-corrected chi connectivity index (χ4v) is 2.23. The molecule has 2 N–H and O–H groups in total. The summed E-state index contributed by atoms with van der Waals surface area (Å²) in [4.78, 5) is 11.9. The maximum Gasteiger partial charge on any atom is 0.259 e. The first-order valence-electron chi connectivity index (χ1n) is 7.67. The molecule has 4 nitrogen and oxygen atoms in total. The molecule has 0 unspecified atom stereocenters. The molecule has 0 spiro atoms. The van der Waals surface area contributed by atoms with Crippen molar-refractivity contribution < 1.29 is 4.79 Å². The van der Waals surface area contributed by atoms with E-state index in [1.807, 2.05) is 64.1 Å². The van der Waals surface area contributed by atoms with E-state index in [9.17, 15) is 4.79 Å². The zero-order chi connectivity index (χ0) is 16.8. The van der Waals surface area contributed by atoms with Crippen LogP contribution in [0.3, 0.4) is 0 Å². The molecule has 0 saturated heterocycles. The van der Waals surface area contributed by atoms with Crippen molar-refractivity contribution in [2.45, 2.75) is 27.7 Å². The molecule has 0 aliphatic heterocycles. The Morgan fingerprint density at radius 2 is 1.65 bits per heavy atom. The van der Waals surface area contributed by atoms with Gasteiger partial charge in [-0.25, -0.2) is 5.43 Å². The van der Waals surface area contributed by atoms with E-state index in [1.165, 1.54) is 11.1 Å². The number of benzene rings is 2. The summed E-state index contributed by atoms with van der Waals surface area (Å²) < 4.78 is 0. The van der Waals surface area contributed by atoms with Crippen LogP contribution in [-0.4, -0.2) is 18.2 Å². The first kappa shape index (κ1) is 16.7. The van der Waals surface area contributed by atoms with E-state index in [0.717, 1.165) is 22.5 Å². The Labute approximate surface area is 137 Å². The van der Waals surface area contributed by atoms with Crippen molar-refractivity contribution in [1.82, 2.24) is 5.43 Å². The van der Waals surface area contributed by atoms with E-state index in [4.69, 9.17) is 0 Å². The highest BCUT2D eigenvalue weighted by molar-refractivity contribution is 5.99. The molecular weight excluding hydrogens is 286 g/mol. The summed E-state index contributed by atoms with van der Waals surface area (Å²) in [6.45, 7) is 8.17. The molecule has 0 fully saturated rings. The van der Waals surface area contributed by atoms with E-state index in [2.05, 4.69) is 21.9 Å². The molecular formula is C19H23N3O. The Bertz CT molecular complexity index is 718. The van der Waals surface area contributed by atoms with Gasteiger partial charge in [-0.05, 0) is 44.9 Å². The van der Waals surface area contributed by atoms with Crippen LogP contribution < -0.4 is 10.7 Å².